The fourth-order valence-electron chi connectivity index (χ4n) is 2.83. The van der Waals surface area contributed by atoms with Crippen LogP contribution in [0.1, 0.15) is 18.1 Å². The Balaban J connectivity index is 2.09. The molecule has 0 saturated carbocycles. The number of imide groups is 1. The average Bonchev–Trinajstić information content (AvgIpc) is 2.86. The van der Waals surface area contributed by atoms with Crippen molar-refractivity contribution in [1.29, 1.82) is 0 Å². The SMILES string of the molecule is CCSC1=C(c2ccc(OC)cc2)C(=O)N(c2ccccc2C)C1=O. The van der Waals surface area contributed by atoms with Crippen molar-refractivity contribution in [3.05, 3.63) is 64.6 Å². The summed E-state index contributed by atoms with van der Waals surface area (Å²) in [5.74, 6) is 0.897. The Hall–Kier alpha value is -2.53. The van der Waals surface area contributed by atoms with Gasteiger partial charge in [-0.1, -0.05) is 37.3 Å². The molecule has 2 aromatic rings. The highest BCUT2D eigenvalue weighted by atomic mass is 32.2. The van der Waals surface area contributed by atoms with Crippen LogP contribution in [0.4, 0.5) is 5.69 Å². The van der Waals surface area contributed by atoms with Crippen LogP contribution in [-0.2, 0) is 9.59 Å². The molecule has 0 aromatic heterocycles. The minimum Gasteiger partial charge on any atom is -0.497 e. The summed E-state index contributed by atoms with van der Waals surface area (Å²) in [7, 11) is 1.59. The van der Waals surface area contributed by atoms with Gasteiger partial charge in [-0.05, 0) is 42.0 Å². The highest BCUT2D eigenvalue weighted by Crippen LogP contribution is 2.39. The summed E-state index contributed by atoms with van der Waals surface area (Å²) in [4.78, 5) is 27.9. The normalized spacial score (nSPS) is 14.4. The van der Waals surface area contributed by atoms with Gasteiger partial charge in [-0.2, -0.15) is 0 Å². The van der Waals surface area contributed by atoms with E-state index >= 15 is 0 Å². The van der Waals surface area contributed by atoms with Crippen LogP contribution in [0.3, 0.4) is 0 Å². The summed E-state index contributed by atoms with van der Waals surface area (Å²) < 4.78 is 5.18. The van der Waals surface area contributed by atoms with Crippen molar-refractivity contribution in [3.8, 4) is 5.75 Å². The van der Waals surface area contributed by atoms with E-state index in [9.17, 15) is 9.59 Å². The molecule has 0 spiro atoms. The van der Waals surface area contributed by atoms with Gasteiger partial charge in [0.25, 0.3) is 11.8 Å². The molecule has 0 unspecified atom stereocenters. The molecule has 1 aliphatic heterocycles. The number of methoxy groups -OCH3 is 1. The first-order valence-electron chi connectivity index (χ1n) is 8.04. The van der Waals surface area contributed by atoms with Crippen LogP contribution in [0.5, 0.6) is 5.75 Å². The third-order valence-electron chi connectivity index (χ3n) is 4.07. The molecule has 128 valence electrons. The molecule has 2 aromatic carbocycles. The summed E-state index contributed by atoms with van der Waals surface area (Å²) >= 11 is 1.40. The number of rotatable bonds is 5. The lowest BCUT2D eigenvalue weighted by molar-refractivity contribution is -0.119. The monoisotopic (exact) mass is 353 g/mol. The van der Waals surface area contributed by atoms with E-state index in [-0.39, 0.29) is 11.8 Å². The van der Waals surface area contributed by atoms with Crippen LogP contribution in [0.15, 0.2) is 53.4 Å². The van der Waals surface area contributed by atoms with Crippen molar-refractivity contribution in [1.82, 2.24) is 0 Å². The van der Waals surface area contributed by atoms with Crippen molar-refractivity contribution in [2.75, 3.05) is 17.8 Å². The zero-order valence-electron chi connectivity index (χ0n) is 14.4. The van der Waals surface area contributed by atoms with E-state index in [1.54, 1.807) is 25.3 Å². The third kappa shape index (κ3) is 3.07. The maximum absolute atomic E-state index is 13.1. The molecule has 0 saturated heterocycles. The molecule has 0 bridgehead atoms. The highest BCUT2D eigenvalue weighted by molar-refractivity contribution is 8.04. The van der Waals surface area contributed by atoms with Gasteiger partial charge in [0, 0.05) is 0 Å². The number of amides is 2. The molecule has 1 aliphatic rings. The van der Waals surface area contributed by atoms with E-state index in [1.807, 2.05) is 44.2 Å². The predicted molar refractivity (Wildman–Crippen MR) is 102 cm³/mol. The first-order valence-corrected chi connectivity index (χ1v) is 9.03. The Bertz CT molecular complexity index is 855. The van der Waals surface area contributed by atoms with Crippen LogP contribution >= 0.6 is 11.8 Å². The molecule has 25 heavy (non-hydrogen) atoms. The van der Waals surface area contributed by atoms with Gasteiger partial charge >= 0.3 is 0 Å². The number of ether oxygens (including phenoxy) is 1. The van der Waals surface area contributed by atoms with Gasteiger partial charge in [-0.25, -0.2) is 4.90 Å². The number of carbonyl (C=O) groups is 2. The number of hydrogen-bond acceptors (Lipinski definition) is 4. The van der Waals surface area contributed by atoms with Gasteiger partial charge < -0.3 is 4.74 Å². The zero-order chi connectivity index (χ0) is 18.0. The number of para-hydroxylation sites is 1. The van der Waals surface area contributed by atoms with Gasteiger partial charge in [0.15, 0.2) is 0 Å². The first-order chi connectivity index (χ1) is 12.1. The van der Waals surface area contributed by atoms with Gasteiger partial charge in [0.1, 0.15) is 5.75 Å². The van der Waals surface area contributed by atoms with Crippen molar-refractivity contribution in [2.24, 2.45) is 0 Å². The second kappa shape index (κ2) is 7.15. The summed E-state index contributed by atoms with van der Waals surface area (Å²) in [5.41, 5.74) is 2.71. The molecule has 0 fully saturated rings. The lowest BCUT2D eigenvalue weighted by atomic mass is 10.1. The van der Waals surface area contributed by atoms with E-state index in [0.717, 1.165) is 16.9 Å². The number of thioether (sulfide) groups is 1. The molecule has 0 aliphatic carbocycles. The fourth-order valence-corrected chi connectivity index (χ4v) is 3.69. The molecular weight excluding hydrogens is 334 g/mol. The second-order valence-corrected chi connectivity index (χ2v) is 6.87. The smallest absolute Gasteiger partial charge is 0.272 e. The Labute approximate surface area is 151 Å². The van der Waals surface area contributed by atoms with Gasteiger partial charge in [0.2, 0.25) is 0 Å². The lowest BCUT2D eigenvalue weighted by Gasteiger charge is -2.17. The topological polar surface area (TPSA) is 46.6 Å². The number of aryl methyl sites for hydroxylation is 1. The van der Waals surface area contributed by atoms with Gasteiger partial charge in [0.05, 0.1) is 23.3 Å². The van der Waals surface area contributed by atoms with Crippen LogP contribution in [-0.4, -0.2) is 24.7 Å². The quantitative estimate of drug-likeness (QED) is 0.761. The Morgan fingerprint density at radius 3 is 2.28 bits per heavy atom. The molecule has 3 rings (SSSR count). The van der Waals surface area contributed by atoms with E-state index in [4.69, 9.17) is 4.74 Å². The van der Waals surface area contributed by atoms with E-state index in [2.05, 4.69) is 0 Å². The molecule has 0 atom stereocenters. The highest BCUT2D eigenvalue weighted by Gasteiger charge is 2.40. The number of anilines is 1. The summed E-state index contributed by atoms with van der Waals surface area (Å²) in [6.45, 7) is 3.87. The van der Waals surface area contributed by atoms with E-state index < -0.39 is 0 Å². The molecule has 0 N–H and O–H groups in total. The molecule has 0 radical (unpaired) electrons. The Kier molecular flexibility index (Phi) is 4.95. The minimum absolute atomic E-state index is 0.253. The molecule has 2 amide bonds. The summed E-state index contributed by atoms with van der Waals surface area (Å²) in [6.07, 6.45) is 0. The average molecular weight is 353 g/mol. The zero-order valence-corrected chi connectivity index (χ0v) is 15.2. The van der Waals surface area contributed by atoms with Crippen LogP contribution < -0.4 is 9.64 Å². The van der Waals surface area contributed by atoms with Gasteiger partial charge in [-0.15, -0.1) is 11.8 Å². The van der Waals surface area contributed by atoms with Crippen molar-refractivity contribution >= 4 is 34.8 Å². The number of benzene rings is 2. The fraction of sp³-hybridized carbons (Fsp3) is 0.200. The summed E-state index contributed by atoms with van der Waals surface area (Å²) in [5, 5.41) is 0. The standard InChI is InChI=1S/C20H19NO3S/c1-4-25-18-17(14-9-11-15(24-3)12-10-14)19(22)21(20(18)23)16-8-6-5-7-13(16)2/h5-12H,4H2,1-3H3. The second-order valence-electron chi connectivity index (χ2n) is 5.60. The van der Waals surface area contributed by atoms with Crippen LogP contribution in [0.25, 0.3) is 5.57 Å². The third-order valence-corrected chi connectivity index (χ3v) is 5.02. The number of nitrogens with zero attached hydrogens (tertiary/aromatic N) is 1. The van der Waals surface area contributed by atoms with Crippen LogP contribution in [0.2, 0.25) is 0 Å². The Morgan fingerprint density at radius 1 is 1.00 bits per heavy atom. The lowest BCUT2D eigenvalue weighted by Crippen LogP contribution is -2.31. The Morgan fingerprint density at radius 2 is 1.68 bits per heavy atom. The molecule has 1 heterocycles. The maximum atomic E-state index is 13.1. The van der Waals surface area contributed by atoms with Crippen molar-refractivity contribution in [2.45, 2.75) is 13.8 Å². The maximum Gasteiger partial charge on any atom is 0.272 e. The van der Waals surface area contributed by atoms with Crippen molar-refractivity contribution in [3.63, 3.8) is 0 Å². The number of carbonyl (C=O) groups excluding carboxylic acids is 2. The molecular formula is C20H19NO3S. The first kappa shape index (κ1) is 17.3. The number of hydrogen-bond donors (Lipinski definition) is 0. The minimum atomic E-state index is -0.277. The van der Waals surface area contributed by atoms with E-state index in [0.29, 0.717) is 21.9 Å². The largest absolute Gasteiger partial charge is 0.497 e. The van der Waals surface area contributed by atoms with Gasteiger partial charge in [-0.3, -0.25) is 9.59 Å². The van der Waals surface area contributed by atoms with E-state index in [1.165, 1.54) is 16.7 Å². The molecule has 5 heteroatoms. The predicted octanol–water partition coefficient (Wildman–Crippen LogP) is 4.04. The van der Waals surface area contributed by atoms with Crippen molar-refractivity contribution < 1.29 is 14.3 Å². The van der Waals surface area contributed by atoms with Crippen LogP contribution in [0, 0.1) is 6.92 Å². The summed E-state index contributed by atoms with van der Waals surface area (Å²) in [6, 6.07) is 14.7. The molecule has 4 nitrogen and oxygen atoms in total.